The maximum atomic E-state index is 6.81. The van der Waals surface area contributed by atoms with Crippen molar-refractivity contribution in [2.45, 2.75) is 0 Å². The fraction of sp³-hybridized carbons (Fsp3) is 0. The Morgan fingerprint density at radius 3 is 1.23 bits per heavy atom. The first-order valence-electron chi connectivity index (χ1n) is 18.0. The van der Waals surface area contributed by atoms with Crippen molar-refractivity contribution in [1.82, 2.24) is 0 Å². The number of rotatable bonds is 5. The number of fused-ring (bicyclic) bond motifs is 10. The molecule has 0 aliphatic rings. The SMILES string of the molecule is c1ccc(-c2ccc(-c3ccc(N(c4cccc5c4oc4ccc6ccccc6c45)c4cccc5c4oc4ccc6ccccc6c45)cc3)cc2)cc1. The van der Waals surface area contributed by atoms with E-state index in [1.807, 2.05) is 0 Å². The van der Waals surface area contributed by atoms with Crippen molar-refractivity contribution in [3.8, 4) is 22.3 Å². The minimum Gasteiger partial charge on any atom is -0.454 e. The second-order valence-electron chi connectivity index (χ2n) is 13.7. The minimum atomic E-state index is 0.831. The first-order valence-corrected chi connectivity index (χ1v) is 18.0. The van der Waals surface area contributed by atoms with Gasteiger partial charge in [0.15, 0.2) is 11.2 Å². The van der Waals surface area contributed by atoms with Gasteiger partial charge in [0.1, 0.15) is 11.2 Å². The van der Waals surface area contributed by atoms with Crippen LogP contribution >= 0.6 is 0 Å². The lowest BCUT2D eigenvalue weighted by Gasteiger charge is -2.25. The predicted octanol–water partition coefficient (Wildman–Crippen LogP) is 14.6. The first kappa shape index (κ1) is 29.6. The Kier molecular flexibility index (Phi) is 6.55. The molecule has 0 saturated heterocycles. The van der Waals surface area contributed by atoms with Crippen LogP contribution in [0, 0.1) is 0 Å². The van der Waals surface area contributed by atoms with Gasteiger partial charge in [0.2, 0.25) is 0 Å². The summed E-state index contributed by atoms with van der Waals surface area (Å²) in [4.78, 5) is 2.29. The molecule has 0 amide bonds. The highest BCUT2D eigenvalue weighted by Crippen LogP contribution is 2.47. The number of hydrogen-bond acceptors (Lipinski definition) is 3. The smallest absolute Gasteiger partial charge is 0.159 e. The topological polar surface area (TPSA) is 29.5 Å². The van der Waals surface area contributed by atoms with Gasteiger partial charge in [0, 0.05) is 27.2 Å². The van der Waals surface area contributed by atoms with Crippen molar-refractivity contribution in [2.24, 2.45) is 0 Å². The minimum absolute atomic E-state index is 0.831. The van der Waals surface area contributed by atoms with Crippen LogP contribution in [-0.4, -0.2) is 0 Å². The van der Waals surface area contributed by atoms with E-state index in [-0.39, 0.29) is 0 Å². The molecule has 3 nitrogen and oxygen atoms in total. The van der Waals surface area contributed by atoms with E-state index in [2.05, 4.69) is 193 Å². The standard InChI is InChI=1S/C50H31NO2/c1-2-10-32(11-3-1)33-20-22-34(23-21-33)35-24-28-38(29-25-35)51(43-18-8-16-41-47-39-14-6-4-12-36(39)26-30-45(47)52-49(41)43)44-19-9-17-42-48-40-15-7-5-13-37(40)27-31-46(48)53-50(42)44/h1-31H. The molecule has 0 unspecified atom stereocenters. The van der Waals surface area contributed by atoms with E-state index in [0.717, 1.165) is 66.5 Å². The Bertz CT molecular complexity index is 3000. The van der Waals surface area contributed by atoms with Crippen LogP contribution in [0.2, 0.25) is 0 Å². The third kappa shape index (κ3) is 4.68. The van der Waals surface area contributed by atoms with Crippen LogP contribution in [0.4, 0.5) is 17.1 Å². The molecule has 0 aliphatic carbocycles. The van der Waals surface area contributed by atoms with Crippen LogP contribution in [0.15, 0.2) is 197 Å². The van der Waals surface area contributed by atoms with E-state index in [1.165, 1.54) is 38.2 Å². The Labute approximate surface area is 305 Å². The van der Waals surface area contributed by atoms with Gasteiger partial charge >= 0.3 is 0 Å². The number of benzene rings is 9. The highest BCUT2D eigenvalue weighted by Gasteiger charge is 2.24. The maximum Gasteiger partial charge on any atom is 0.159 e. The van der Waals surface area contributed by atoms with Crippen molar-refractivity contribution in [3.05, 3.63) is 188 Å². The molecular formula is C50H31NO2. The molecule has 0 bridgehead atoms. The fourth-order valence-electron chi connectivity index (χ4n) is 8.16. The molecule has 11 rings (SSSR count). The first-order chi connectivity index (χ1) is 26.3. The van der Waals surface area contributed by atoms with Crippen molar-refractivity contribution in [3.63, 3.8) is 0 Å². The average molecular weight is 678 g/mol. The Morgan fingerprint density at radius 1 is 0.302 bits per heavy atom. The third-order valence-electron chi connectivity index (χ3n) is 10.7. The second-order valence-corrected chi connectivity index (χ2v) is 13.7. The molecule has 2 aromatic heterocycles. The molecule has 0 spiro atoms. The van der Waals surface area contributed by atoms with Gasteiger partial charge in [0.25, 0.3) is 0 Å². The van der Waals surface area contributed by atoms with Gasteiger partial charge in [0.05, 0.1) is 11.4 Å². The molecule has 0 aliphatic heterocycles. The summed E-state index contributed by atoms with van der Waals surface area (Å²) in [6.45, 7) is 0. The van der Waals surface area contributed by atoms with E-state index < -0.39 is 0 Å². The molecule has 248 valence electrons. The van der Waals surface area contributed by atoms with Gasteiger partial charge in [-0.1, -0.05) is 152 Å². The third-order valence-corrected chi connectivity index (χ3v) is 10.7. The summed E-state index contributed by atoms with van der Waals surface area (Å²) >= 11 is 0. The Morgan fingerprint density at radius 2 is 0.717 bits per heavy atom. The van der Waals surface area contributed by atoms with Gasteiger partial charge < -0.3 is 13.7 Å². The Balaban J connectivity index is 1.12. The van der Waals surface area contributed by atoms with Crippen molar-refractivity contribution in [1.29, 1.82) is 0 Å². The predicted molar refractivity (Wildman–Crippen MR) is 222 cm³/mol. The Hall–Kier alpha value is -7.10. The molecule has 3 heteroatoms. The highest BCUT2D eigenvalue weighted by molar-refractivity contribution is 6.23. The number of anilines is 3. The van der Waals surface area contributed by atoms with Crippen LogP contribution in [-0.2, 0) is 0 Å². The zero-order valence-electron chi connectivity index (χ0n) is 28.7. The van der Waals surface area contributed by atoms with Crippen LogP contribution in [0.5, 0.6) is 0 Å². The van der Waals surface area contributed by atoms with Crippen molar-refractivity contribution < 1.29 is 8.83 Å². The van der Waals surface area contributed by atoms with E-state index in [1.54, 1.807) is 0 Å². The van der Waals surface area contributed by atoms with E-state index in [4.69, 9.17) is 8.83 Å². The molecule has 0 atom stereocenters. The molecule has 0 saturated carbocycles. The van der Waals surface area contributed by atoms with E-state index >= 15 is 0 Å². The largest absolute Gasteiger partial charge is 0.454 e. The summed E-state index contributed by atoms with van der Waals surface area (Å²) in [5.41, 5.74) is 11.0. The van der Waals surface area contributed by atoms with Gasteiger partial charge in [-0.25, -0.2) is 0 Å². The zero-order chi connectivity index (χ0) is 34.9. The van der Waals surface area contributed by atoms with Gasteiger partial charge in [-0.05, 0) is 80.2 Å². The molecular weight excluding hydrogens is 647 g/mol. The summed E-state index contributed by atoms with van der Waals surface area (Å²) in [6.07, 6.45) is 0. The number of para-hydroxylation sites is 2. The van der Waals surface area contributed by atoms with Crippen molar-refractivity contribution >= 4 is 82.5 Å². The molecule has 9 aromatic carbocycles. The summed E-state index contributed by atoms with van der Waals surface area (Å²) < 4.78 is 13.6. The number of hydrogen-bond donors (Lipinski definition) is 0. The number of nitrogens with zero attached hydrogens (tertiary/aromatic N) is 1. The summed E-state index contributed by atoms with van der Waals surface area (Å²) in [6, 6.07) is 66.6. The number of furan rings is 2. The summed E-state index contributed by atoms with van der Waals surface area (Å²) in [5.74, 6) is 0. The normalized spacial score (nSPS) is 11.8. The van der Waals surface area contributed by atoms with Crippen LogP contribution < -0.4 is 4.90 Å². The van der Waals surface area contributed by atoms with Crippen LogP contribution in [0.1, 0.15) is 0 Å². The molecule has 2 heterocycles. The van der Waals surface area contributed by atoms with Gasteiger partial charge in [-0.3, -0.25) is 0 Å². The van der Waals surface area contributed by atoms with E-state index in [0.29, 0.717) is 0 Å². The molecule has 11 aromatic rings. The van der Waals surface area contributed by atoms with Gasteiger partial charge in [-0.15, -0.1) is 0 Å². The second kappa shape index (κ2) is 11.7. The highest BCUT2D eigenvalue weighted by atomic mass is 16.3. The zero-order valence-corrected chi connectivity index (χ0v) is 28.7. The molecule has 0 radical (unpaired) electrons. The summed E-state index contributed by atoms with van der Waals surface area (Å²) in [5, 5.41) is 9.16. The van der Waals surface area contributed by atoms with Crippen molar-refractivity contribution in [2.75, 3.05) is 4.90 Å². The maximum absolute atomic E-state index is 6.81. The van der Waals surface area contributed by atoms with Crippen LogP contribution in [0.25, 0.3) is 87.7 Å². The fourth-order valence-corrected chi connectivity index (χ4v) is 8.16. The monoisotopic (exact) mass is 677 g/mol. The van der Waals surface area contributed by atoms with E-state index in [9.17, 15) is 0 Å². The lowest BCUT2D eigenvalue weighted by molar-refractivity contribution is 0.666. The molecule has 0 N–H and O–H groups in total. The lowest BCUT2D eigenvalue weighted by atomic mass is 10.00. The molecule has 53 heavy (non-hydrogen) atoms. The lowest BCUT2D eigenvalue weighted by Crippen LogP contribution is -2.10. The molecule has 0 fully saturated rings. The van der Waals surface area contributed by atoms with Gasteiger partial charge in [-0.2, -0.15) is 0 Å². The quantitative estimate of drug-likeness (QED) is 0.182. The summed E-state index contributed by atoms with van der Waals surface area (Å²) in [7, 11) is 0. The average Bonchev–Trinajstić information content (AvgIpc) is 3.82. The van der Waals surface area contributed by atoms with Crippen LogP contribution in [0.3, 0.4) is 0 Å².